The highest BCUT2D eigenvalue weighted by Gasteiger charge is 2.55. The van der Waals surface area contributed by atoms with Gasteiger partial charge in [0.25, 0.3) is 0 Å². The fraction of sp³-hybridized carbons (Fsp3) is 0.645. The van der Waals surface area contributed by atoms with Crippen LogP contribution < -0.4 is 10.6 Å². The molecule has 6 nitrogen and oxygen atoms in total. The molecule has 3 aliphatic rings. The molecule has 224 valence electrons. The molecule has 1 spiro atoms. The Kier molecular flexibility index (Phi) is 13.4. The number of aliphatic carboxylic acids is 1. The van der Waals surface area contributed by atoms with Crippen molar-refractivity contribution in [3.05, 3.63) is 54.4 Å². The van der Waals surface area contributed by atoms with E-state index >= 15 is 0 Å². The standard InChI is InChI=1S/C15H18F3N3.C14H23NO2.C2H6/c1-4-6-13(9-11(2)15(16,17)18)21-14(19-3)12-7-5-8-20-10-12;16-13(17)11-9-14(5-7-15-8-6-14)12-4-2-1-3-10(11)12;1-2/h4-5,7-10,13H,1,6H2,2-3H3,(H,19,21);10-12,15H,1-9H2,(H,16,17);1-2H3/b11-9+;;. The number of nitrogens with zero attached hydrogens (tertiary/aromatic N) is 2. The summed E-state index contributed by atoms with van der Waals surface area (Å²) in [4.78, 5) is 19.5. The largest absolute Gasteiger partial charge is 0.481 e. The van der Waals surface area contributed by atoms with Gasteiger partial charge in [-0.3, -0.25) is 14.8 Å². The molecule has 0 aromatic carbocycles. The maximum Gasteiger partial charge on any atom is 0.412 e. The minimum Gasteiger partial charge on any atom is -0.481 e. The van der Waals surface area contributed by atoms with Crippen LogP contribution in [0, 0.1) is 23.2 Å². The summed E-state index contributed by atoms with van der Waals surface area (Å²) < 4.78 is 37.9. The number of carboxylic acid groups (broad SMARTS) is 1. The predicted octanol–water partition coefficient (Wildman–Crippen LogP) is 6.79. The zero-order chi connectivity index (χ0) is 29.8. The summed E-state index contributed by atoms with van der Waals surface area (Å²) in [5.41, 5.74) is 0.440. The lowest BCUT2D eigenvalue weighted by Gasteiger charge is -2.42. The van der Waals surface area contributed by atoms with E-state index in [-0.39, 0.29) is 5.92 Å². The maximum atomic E-state index is 12.6. The lowest BCUT2D eigenvalue weighted by molar-refractivity contribution is -0.143. The molecule has 4 atom stereocenters. The van der Waals surface area contributed by atoms with Gasteiger partial charge in [0.05, 0.1) is 5.92 Å². The van der Waals surface area contributed by atoms with Crippen LogP contribution in [0.3, 0.4) is 0 Å². The van der Waals surface area contributed by atoms with Crippen LogP contribution >= 0.6 is 0 Å². The molecule has 40 heavy (non-hydrogen) atoms. The Labute approximate surface area is 237 Å². The fourth-order valence-electron chi connectivity index (χ4n) is 6.61. The van der Waals surface area contributed by atoms with Crippen molar-refractivity contribution in [2.75, 3.05) is 20.1 Å². The van der Waals surface area contributed by atoms with Gasteiger partial charge >= 0.3 is 12.1 Å². The van der Waals surface area contributed by atoms with Crippen molar-refractivity contribution in [1.82, 2.24) is 15.6 Å². The molecule has 1 saturated heterocycles. The molecule has 3 fully saturated rings. The maximum absolute atomic E-state index is 12.6. The smallest absolute Gasteiger partial charge is 0.412 e. The molecule has 1 aromatic heterocycles. The predicted molar refractivity (Wildman–Crippen MR) is 155 cm³/mol. The minimum atomic E-state index is -4.33. The molecule has 9 heteroatoms. The molecular weight excluding hydrogens is 517 g/mol. The lowest BCUT2D eigenvalue weighted by atomic mass is 9.65. The van der Waals surface area contributed by atoms with Gasteiger partial charge in [0.1, 0.15) is 5.84 Å². The third-order valence-electron chi connectivity index (χ3n) is 8.47. The molecule has 4 unspecified atom stereocenters. The minimum absolute atomic E-state index is 0.0431. The SMILES string of the molecule is C=CCC(/C=C(\C)C(F)(F)F)NC(=NC)c1cccnc1.CC.O=C(O)C1CC2(CCNCC2)C2CCCCC12. The summed E-state index contributed by atoms with van der Waals surface area (Å²) in [7, 11) is 1.57. The molecule has 0 bridgehead atoms. The van der Waals surface area contributed by atoms with Crippen LogP contribution in [0.2, 0.25) is 0 Å². The van der Waals surface area contributed by atoms with Crippen molar-refractivity contribution in [2.24, 2.45) is 28.2 Å². The van der Waals surface area contributed by atoms with Gasteiger partial charge in [-0.25, -0.2) is 0 Å². The molecule has 4 rings (SSSR count). The van der Waals surface area contributed by atoms with Crippen molar-refractivity contribution in [3.63, 3.8) is 0 Å². The Morgan fingerprint density at radius 1 is 1.30 bits per heavy atom. The number of carbonyl (C=O) groups is 1. The number of aromatic nitrogens is 1. The highest BCUT2D eigenvalue weighted by Crippen LogP contribution is 2.59. The van der Waals surface area contributed by atoms with Gasteiger partial charge in [0.15, 0.2) is 0 Å². The van der Waals surface area contributed by atoms with Gasteiger partial charge in [-0.05, 0) is 87.9 Å². The van der Waals surface area contributed by atoms with E-state index in [0.717, 1.165) is 38.9 Å². The number of hydrogen-bond acceptors (Lipinski definition) is 4. The van der Waals surface area contributed by atoms with E-state index in [4.69, 9.17) is 0 Å². The monoisotopic (exact) mass is 564 g/mol. The van der Waals surface area contributed by atoms with E-state index in [0.29, 0.717) is 35.1 Å². The second-order valence-electron chi connectivity index (χ2n) is 10.8. The van der Waals surface area contributed by atoms with Crippen LogP contribution in [0.25, 0.3) is 0 Å². The van der Waals surface area contributed by atoms with Crippen molar-refractivity contribution in [1.29, 1.82) is 0 Å². The van der Waals surface area contributed by atoms with Crippen molar-refractivity contribution in [2.45, 2.75) is 84.4 Å². The average molecular weight is 565 g/mol. The summed E-state index contributed by atoms with van der Waals surface area (Å²) in [5, 5.41) is 15.9. The first-order valence-electron chi connectivity index (χ1n) is 14.5. The highest BCUT2D eigenvalue weighted by atomic mass is 19.4. The third-order valence-corrected chi connectivity index (χ3v) is 8.47. The Balaban J connectivity index is 0.000000268. The number of allylic oxidation sites excluding steroid dienone is 1. The van der Waals surface area contributed by atoms with Gasteiger partial charge in [-0.15, -0.1) is 6.58 Å². The van der Waals surface area contributed by atoms with Gasteiger partial charge < -0.3 is 15.7 Å². The van der Waals surface area contributed by atoms with Gasteiger partial charge in [0.2, 0.25) is 0 Å². The van der Waals surface area contributed by atoms with Crippen LogP contribution in [0.4, 0.5) is 13.2 Å². The first-order valence-corrected chi connectivity index (χ1v) is 14.5. The normalized spacial score (nSPS) is 24.9. The summed E-state index contributed by atoms with van der Waals surface area (Å²) >= 11 is 0. The number of aliphatic imine (C=N–C) groups is 1. The number of nitrogens with one attached hydrogen (secondary N) is 2. The fourth-order valence-corrected chi connectivity index (χ4v) is 6.61. The van der Waals surface area contributed by atoms with Crippen molar-refractivity contribution in [3.8, 4) is 0 Å². The molecule has 2 heterocycles. The zero-order valence-corrected chi connectivity index (χ0v) is 24.4. The van der Waals surface area contributed by atoms with Crippen LogP contribution in [0.15, 0.2) is 53.8 Å². The lowest BCUT2D eigenvalue weighted by Crippen LogP contribution is -2.40. The summed E-state index contributed by atoms with van der Waals surface area (Å²) in [6.45, 7) is 10.8. The number of pyridine rings is 1. The molecule has 2 saturated carbocycles. The van der Waals surface area contributed by atoms with Gasteiger partial charge in [-0.1, -0.05) is 38.8 Å². The van der Waals surface area contributed by atoms with E-state index in [1.165, 1.54) is 32.1 Å². The number of alkyl halides is 3. The number of rotatable bonds is 6. The molecule has 0 radical (unpaired) electrons. The second kappa shape index (κ2) is 15.9. The van der Waals surface area contributed by atoms with Crippen molar-refractivity contribution < 1.29 is 23.1 Å². The quantitative estimate of drug-likeness (QED) is 0.201. The number of amidine groups is 1. The van der Waals surface area contributed by atoms with E-state index < -0.39 is 23.8 Å². The van der Waals surface area contributed by atoms with Crippen LogP contribution in [0.5, 0.6) is 0 Å². The second-order valence-corrected chi connectivity index (χ2v) is 10.8. The Bertz CT molecular complexity index is 988. The number of fused-ring (bicyclic) bond motifs is 2. The van der Waals surface area contributed by atoms with E-state index in [9.17, 15) is 23.1 Å². The number of carboxylic acids is 1. The first kappa shape index (κ1) is 33.5. The molecule has 2 aliphatic carbocycles. The third kappa shape index (κ3) is 8.91. The zero-order valence-electron chi connectivity index (χ0n) is 24.4. The molecule has 0 amide bonds. The van der Waals surface area contributed by atoms with Gasteiger partial charge in [-0.2, -0.15) is 13.2 Å². The average Bonchev–Trinajstić information content (AvgIpc) is 3.27. The first-order chi connectivity index (χ1) is 19.1. The van der Waals surface area contributed by atoms with Crippen molar-refractivity contribution >= 4 is 11.8 Å². The summed E-state index contributed by atoms with van der Waals surface area (Å²) in [5.74, 6) is 1.11. The molecule has 1 aromatic rings. The Hall–Kier alpha value is -2.68. The van der Waals surface area contributed by atoms with Gasteiger partial charge in [0, 0.05) is 36.6 Å². The number of piperidine rings is 1. The summed E-state index contributed by atoms with van der Waals surface area (Å²) in [6, 6.07) is 2.98. The molecular formula is C31H47F3N4O2. The van der Waals surface area contributed by atoms with E-state index in [2.05, 4.69) is 27.2 Å². The Morgan fingerprint density at radius 3 is 2.52 bits per heavy atom. The highest BCUT2D eigenvalue weighted by molar-refractivity contribution is 5.98. The molecule has 3 N–H and O–H groups in total. The van der Waals surface area contributed by atoms with Crippen LogP contribution in [-0.4, -0.2) is 54.3 Å². The Morgan fingerprint density at radius 2 is 1.98 bits per heavy atom. The van der Waals surface area contributed by atoms with E-state index in [1.807, 2.05) is 13.8 Å². The van der Waals surface area contributed by atoms with E-state index in [1.54, 1.807) is 37.7 Å². The van der Waals surface area contributed by atoms with Crippen LogP contribution in [0.1, 0.15) is 77.7 Å². The summed E-state index contributed by atoms with van der Waals surface area (Å²) in [6.07, 6.45) is 10.3. The topological polar surface area (TPSA) is 86.6 Å². The number of hydrogen-bond donors (Lipinski definition) is 3. The molecule has 1 aliphatic heterocycles. The van der Waals surface area contributed by atoms with Crippen LogP contribution in [-0.2, 0) is 4.79 Å². The number of halogens is 3.